The topological polar surface area (TPSA) is 113 Å². The van der Waals surface area contributed by atoms with Crippen LogP contribution in [0.25, 0.3) is 0 Å². The lowest BCUT2D eigenvalue weighted by molar-refractivity contribution is -0.136. The first-order valence-corrected chi connectivity index (χ1v) is 10.1. The van der Waals surface area contributed by atoms with Gasteiger partial charge in [0.2, 0.25) is 0 Å². The molecule has 9 heteroatoms. The van der Waals surface area contributed by atoms with Crippen molar-refractivity contribution in [3.63, 3.8) is 0 Å². The lowest BCUT2D eigenvalue weighted by Gasteiger charge is -2.11. The van der Waals surface area contributed by atoms with E-state index in [1.165, 1.54) is 19.4 Å². The zero-order valence-electron chi connectivity index (χ0n) is 18.2. The number of methoxy groups -OCH3 is 1. The number of halogens is 1. The van der Waals surface area contributed by atoms with E-state index in [4.69, 9.17) is 14.7 Å². The van der Waals surface area contributed by atoms with Gasteiger partial charge in [0.1, 0.15) is 12.4 Å². The summed E-state index contributed by atoms with van der Waals surface area (Å²) in [4.78, 5) is 24.0. The fourth-order valence-electron chi connectivity index (χ4n) is 2.86. The number of anilines is 1. The summed E-state index contributed by atoms with van der Waals surface area (Å²) in [6, 6.07) is 19.8. The predicted molar refractivity (Wildman–Crippen MR) is 124 cm³/mol. The van der Waals surface area contributed by atoms with Crippen molar-refractivity contribution in [2.45, 2.75) is 13.0 Å². The second-order valence-corrected chi connectivity index (χ2v) is 6.98. The van der Waals surface area contributed by atoms with Crippen LogP contribution in [0.3, 0.4) is 0 Å². The van der Waals surface area contributed by atoms with Crippen molar-refractivity contribution in [3.8, 4) is 17.6 Å². The van der Waals surface area contributed by atoms with Crippen LogP contribution in [0.1, 0.15) is 16.7 Å². The van der Waals surface area contributed by atoms with Crippen molar-refractivity contribution in [1.82, 2.24) is 5.43 Å². The standard InChI is InChI=1S/C25H21FN4O4/c1-33-23-14-18(8-11-22(23)34-16-19-4-2-3-5-21(19)26)15-28-30-25(32)24(31)29-20-9-6-17(7-10-20)12-13-27/h2-11,14-15H,12,16H2,1H3,(H,29,31)(H,30,32)/b28-15+. The Kier molecular flexibility index (Phi) is 8.30. The molecule has 2 amide bonds. The highest BCUT2D eigenvalue weighted by Crippen LogP contribution is 2.28. The van der Waals surface area contributed by atoms with Crippen molar-refractivity contribution in [2.75, 3.05) is 12.4 Å². The Balaban J connectivity index is 1.55. The third-order valence-corrected chi connectivity index (χ3v) is 4.61. The summed E-state index contributed by atoms with van der Waals surface area (Å²) in [6.45, 7) is 0.0304. The molecule has 34 heavy (non-hydrogen) atoms. The van der Waals surface area contributed by atoms with Gasteiger partial charge in [-0.25, -0.2) is 9.82 Å². The fraction of sp³-hybridized carbons (Fsp3) is 0.120. The van der Waals surface area contributed by atoms with Crippen LogP contribution in [-0.4, -0.2) is 25.1 Å². The van der Waals surface area contributed by atoms with E-state index >= 15 is 0 Å². The van der Waals surface area contributed by atoms with E-state index in [1.54, 1.807) is 60.7 Å². The molecule has 0 bridgehead atoms. The van der Waals surface area contributed by atoms with Gasteiger partial charge < -0.3 is 14.8 Å². The Labute approximate surface area is 195 Å². The number of benzene rings is 3. The van der Waals surface area contributed by atoms with E-state index < -0.39 is 11.8 Å². The number of ether oxygens (including phenoxy) is 2. The summed E-state index contributed by atoms with van der Waals surface area (Å²) in [7, 11) is 1.46. The quantitative estimate of drug-likeness (QED) is 0.303. The van der Waals surface area contributed by atoms with Gasteiger partial charge in [-0.05, 0) is 47.5 Å². The largest absolute Gasteiger partial charge is 0.493 e. The zero-order valence-corrected chi connectivity index (χ0v) is 18.2. The average molecular weight is 460 g/mol. The number of amides is 2. The molecule has 0 unspecified atom stereocenters. The normalized spacial score (nSPS) is 10.4. The molecule has 3 aromatic rings. The number of hydrogen-bond acceptors (Lipinski definition) is 6. The Morgan fingerprint density at radius 2 is 1.82 bits per heavy atom. The van der Waals surface area contributed by atoms with E-state index in [0.717, 1.165) is 5.56 Å². The monoisotopic (exact) mass is 460 g/mol. The zero-order chi connectivity index (χ0) is 24.3. The van der Waals surface area contributed by atoms with Crippen LogP contribution in [0, 0.1) is 17.1 Å². The third-order valence-electron chi connectivity index (χ3n) is 4.61. The second kappa shape index (κ2) is 11.8. The summed E-state index contributed by atoms with van der Waals surface area (Å²) < 4.78 is 24.7. The van der Waals surface area contributed by atoms with Gasteiger partial charge in [0.25, 0.3) is 0 Å². The molecular weight excluding hydrogens is 439 g/mol. The molecule has 0 aliphatic rings. The molecule has 0 radical (unpaired) electrons. The number of hydrogen-bond donors (Lipinski definition) is 2. The first kappa shape index (κ1) is 23.9. The van der Waals surface area contributed by atoms with Crippen LogP contribution in [0.5, 0.6) is 11.5 Å². The first-order valence-electron chi connectivity index (χ1n) is 10.1. The van der Waals surface area contributed by atoms with Gasteiger partial charge in [0.15, 0.2) is 11.5 Å². The number of nitriles is 1. The molecule has 0 aromatic heterocycles. The molecular formula is C25H21FN4O4. The molecule has 0 saturated carbocycles. The number of nitrogens with one attached hydrogen (secondary N) is 2. The molecule has 2 N–H and O–H groups in total. The van der Waals surface area contributed by atoms with E-state index in [1.807, 2.05) is 6.07 Å². The van der Waals surface area contributed by atoms with Crippen molar-refractivity contribution < 1.29 is 23.5 Å². The van der Waals surface area contributed by atoms with E-state index in [-0.39, 0.29) is 18.8 Å². The summed E-state index contributed by atoms with van der Waals surface area (Å²) in [5.74, 6) is -1.40. The molecule has 3 rings (SSSR count). The maximum atomic E-state index is 13.8. The summed E-state index contributed by atoms with van der Waals surface area (Å²) in [5.41, 5.74) is 4.35. The van der Waals surface area contributed by atoms with Crippen molar-refractivity contribution in [1.29, 1.82) is 5.26 Å². The second-order valence-electron chi connectivity index (χ2n) is 6.98. The third kappa shape index (κ3) is 6.64. The van der Waals surface area contributed by atoms with Gasteiger partial charge in [-0.3, -0.25) is 9.59 Å². The maximum Gasteiger partial charge on any atom is 0.329 e. The number of nitrogens with zero attached hydrogens (tertiary/aromatic N) is 2. The van der Waals surface area contributed by atoms with E-state index in [0.29, 0.717) is 28.3 Å². The van der Waals surface area contributed by atoms with Gasteiger partial charge in [-0.2, -0.15) is 10.4 Å². The van der Waals surface area contributed by atoms with Crippen molar-refractivity contribution in [2.24, 2.45) is 5.10 Å². The van der Waals surface area contributed by atoms with Crippen LogP contribution < -0.4 is 20.2 Å². The SMILES string of the molecule is COc1cc(/C=N/NC(=O)C(=O)Nc2ccc(CC#N)cc2)ccc1OCc1ccccc1F. The molecule has 0 atom stereocenters. The molecule has 0 heterocycles. The van der Waals surface area contributed by atoms with Crippen LogP contribution in [0.2, 0.25) is 0 Å². The molecule has 8 nitrogen and oxygen atoms in total. The van der Waals surface area contributed by atoms with Gasteiger partial charge in [-0.1, -0.05) is 30.3 Å². The highest BCUT2D eigenvalue weighted by Gasteiger charge is 2.13. The van der Waals surface area contributed by atoms with Crippen LogP contribution in [0.4, 0.5) is 10.1 Å². The lowest BCUT2D eigenvalue weighted by atomic mass is 10.1. The average Bonchev–Trinajstić information content (AvgIpc) is 2.85. The van der Waals surface area contributed by atoms with Gasteiger partial charge in [-0.15, -0.1) is 0 Å². The predicted octanol–water partition coefficient (Wildman–Crippen LogP) is 3.57. The minimum absolute atomic E-state index is 0.0304. The summed E-state index contributed by atoms with van der Waals surface area (Å²) in [5, 5.41) is 14.9. The Morgan fingerprint density at radius 3 is 2.53 bits per heavy atom. The number of rotatable bonds is 8. The lowest BCUT2D eigenvalue weighted by Crippen LogP contribution is -2.32. The maximum absolute atomic E-state index is 13.8. The molecule has 0 saturated heterocycles. The van der Waals surface area contributed by atoms with Crippen LogP contribution in [-0.2, 0) is 22.6 Å². The molecule has 3 aromatic carbocycles. The molecule has 0 aliphatic heterocycles. The summed E-state index contributed by atoms with van der Waals surface area (Å²) >= 11 is 0. The molecule has 0 fully saturated rings. The Hall–Kier alpha value is -4.71. The number of carbonyl (C=O) groups excluding carboxylic acids is 2. The Bertz CT molecular complexity index is 1240. The minimum atomic E-state index is -0.950. The van der Waals surface area contributed by atoms with Crippen LogP contribution >= 0.6 is 0 Å². The van der Waals surface area contributed by atoms with Crippen LogP contribution in [0.15, 0.2) is 71.8 Å². The smallest absolute Gasteiger partial charge is 0.329 e. The highest BCUT2D eigenvalue weighted by molar-refractivity contribution is 6.39. The van der Waals surface area contributed by atoms with Crippen molar-refractivity contribution in [3.05, 3.63) is 89.2 Å². The van der Waals surface area contributed by atoms with E-state index in [2.05, 4.69) is 15.8 Å². The molecule has 0 spiro atoms. The first-order chi connectivity index (χ1) is 16.5. The molecule has 0 aliphatic carbocycles. The van der Waals surface area contributed by atoms with Gasteiger partial charge >= 0.3 is 11.8 Å². The van der Waals surface area contributed by atoms with Crippen molar-refractivity contribution >= 4 is 23.7 Å². The molecule has 172 valence electrons. The number of carbonyl (C=O) groups is 2. The fourth-order valence-corrected chi connectivity index (χ4v) is 2.86. The number of hydrazone groups is 1. The Morgan fingerprint density at radius 1 is 1.06 bits per heavy atom. The summed E-state index contributed by atoms with van der Waals surface area (Å²) in [6.07, 6.45) is 1.60. The highest BCUT2D eigenvalue weighted by atomic mass is 19.1. The minimum Gasteiger partial charge on any atom is -0.493 e. The van der Waals surface area contributed by atoms with Gasteiger partial charge in [0, 0.05) is 11.3 Å². The van der Waals surface area contributed by atoms with E-state index in [9.17, 15) is 14.0 Å². The van der Waals surface area contributed by atoms with Gasteiger partial charge in [0.05, 0.1) is 25.8 Å².